The number of hydrogen-bond acceptors (Lipinski definition) is 5. The Labute approximate surface area is 135 Å². The first-order valence-corrected chi connectivity index (χ1v) is 8.62. The first kappa shape index (κ1) is 16.1. The summed E-state index contributed by atoms with van der Waals surface area (Å²) >= 11 is 0.00279. The summed E-state index contributed by atoms with van der Waals surface area (Å²) in [6.07, 6.45) is -3.09. The van der Waals surface area contributed by atoms with Crippen LogP contribution in [0.4, 0.5) is 13.2 Å². The molecule has 3 heterocycles. The highest BCUT2D eigenvalue weighted by Crippen LogP contribution is 2.22. The van der Waals surface area contributed by atoms with Crippen LogP contribution in [0.1, 0.15) is 5.69 Å². The van der Waals surface area contributed by atoms with E-state index in [4.69, 9.17) is 0 Å². The highest BCUT2D eigenvalue weighted by molar-refractivity contribution is 7.90. The lowest BCUT2D eigenvalue weighted by atomic mass is 10.3. The van der Waals surface area contributed by atoms with Gasteiger partial charge in [-0.15, -0.1) is 11.3 Å². The maximum absolute atomic E-state index is 12.3. The van der Waals surface area contributed by atoms with Crippen LogP contribution in [0.25, 0.3) is 11.0 Å². The number of nitrogens with one attached hydrogen (secondary N) is 1. The number of imidazole rings is 1. The lowest BCUT2D eigenvalue weighted by Gasteiger charge is -2.10. The van der Waals surface area contributed by atoms with Crippen molar-refractivity contribution in [2.24, 2.45) is 0 Å². The summed E-state index contributed by atoms with van der Waals surface area (Å²) < 4.78 is 53.3. The molecule has 1 N–H and O–H groups in total. The Morgan fingerprint density at radius 1 is 1.35 bits per heavy atom. The molecule has 0 aliphatic rings. The highest BCUT2D eigenvalue weighted by Gasteiger charge is 2.28. The van der Waals surface area contributed by atoms with Crippen LogP contribution in [0.15, 0.2) is 34.2 Å². The topological polar surface area (TPSA) is 73.9 Å². The molecule has 0 aliphatic carbocycles. The van der Waals surface area contributed by atoms with Crippen molar-refractivity contribution in [2.45, 2.75) is 17.1 Å². The summed E-state index contributed by atoms with van der Waals surface area (Å²) in [5.74, 6) is 0.0623. The Balaban J connectivity index is 1.68. The van der Waals surface area contributed by atoms with E-state index >= 15 is 0 Å². The van der Waals surface area contributed by atoms with E-state index < -0.39 is 24.0 Å². The summed E-state index contributed by atoms with van der Waals surface area (Å²) in [5.41, 5.74) is 1.89. The fraction of sp³-hybridized carbons (Fsp3) is 0.231. The molecule has 0 fully saturated rings. The normalized spacial score (nSPS) is 13.4. The molecule has 0 radical (unpaired) electrons. The monoisotopic (exact) mass is 361 g/mol. The van der Waals surface area contributed by atoms with Crippen LogP contribution in [-0.4, -0.2) is 32.3 Å². The number of fused-ring (bicyclic) bond motifs is 1. The maximum atomic E-state index is 12.3. The number of nitrogens with zero attached hydrogens (tertiary/aromatic N) is 2. The fourth-order valence-corrected chi connectivity index (χ4v) is 3.50. The Bertz CT molecular complexity index is 774. The van der Waals surface area contributed by atoms with Crippen molar-refractivity contribution in [3.63, 3.8) is 0 Å². The first-order chi connectivity index (χ1) is 10.9. The molecule has 0 spiro atoms. The van der Waals surface area contributed by atoms with Crippen molar-refractivity contribution in [2.75, 3.05) is 6.61 Å². The summed E-state index contributed by atoms with van der Waals surface area (Å²) in [5, 5.41) is 4.00. The third-order valence-corrected chi connectivity index (χ3v) is 4.70. The molecule has 0 aliphatic heterocycles. The van der Waals surface area contributed by atoms with Crippen LogP contribution in [0.2, 0.25) is 0 Å². The van der Waals surface area contributed by atoms with Crippen molar-refractivity contribution in [3.05, 3.63) is 34.8 Å². The second kappa shape index (κ2) is 6.38. The minimum absolute atomic E-state index is 0.0305. The Morgan fingerprint density at radius 2 is 2.17 bits per heavy atom. The van der Waals surface area contributed by atoms with Gasteiger partial charge in [-0.1, -0.05) is 0 Å². The summed E-state index contributed by atoms with van der Waals surface area (Å²) in [6.45, 7) is -1.38. The Hall–Kier alpha value is -1.78. The molecule has 3 aromatic heterocycles. The number of halogens is 3. The molecule has 3 aromatic rings. The third-order valence-electron chi connectivity index (χ3n) is 2.79. The predicted octanol–water partition coefficient (Wildman–Crippen LogP) is 3.27. The lowest BCUT2D eigenvalue weighted by molar-refractivity contribution is -0.153. The van der Waals surface area contributed by atoms with Gasteiger partial charge in [-0.3, -0.25) is 9.97 Å². The second-order valence-corrected chi connectivity index (χ2v) is 6.70. The zero-order valence-corrected chi connectivity index (χ0v) is 13.1. The second-order valence-electron chi connectivity index (χ2n) is 4.59. The third kappa shape index (κ3) is 4.15. The van der Waals surface area contributed by atoms with Gasteiger partial charge in [-0.05, 0) is 6.07 Å². The van der Waals surface area contributed by atoms with Crippen LogP contribution in [0, 0.1) is 0 Å². The standard InChI is InChI=1S/C13H10F3N3O2S2/c14-13(15,16)7-21-9-1-2-17-8(3-9)6-23(20)12-18-10-4-22-5-11(10)19-12/h1-5H,6-7H2,(H,18,19). The van der Waals surface area contributed by atoms with Crippen molar-refractivity contribution < 1.29 is 22.5 Å². The van der Waals surface area contributed by atoms with Gasteiger partial charge in [0.1, 0.15) is 11.3 Å². The molecule has 0 amide bonds. The number of ether oxygens (including phenoxy) is 1. The first-order valence-electron chi connectivity index (χ1n) is 6.35. The van der Waals surface area contributed by atoms with E-state index in [0.717, 1.165) is 11.0 Å². The molecule has 0 saturated heterocycles. The summed E-state index contributed by atoms with van der Waals surface area (Å²) in [4.78, 5) is 11.2. The van der Waals surface area contributed by atoms with Crippen LogP contribution in [-0.2, 0) is 16.9 Å². The van der Waals surface area contributed by atoms with Gasteiger partial charge in [0, 0.05) is 34.2 Å². The molecule has 0 saturated carbocycles. The van der Waals surface area contributed by atoms with Crippen molar-refractivity contribution in [1.29, 1.82) is 0 Å². The molecule has 1 atom stereocenters. The van der Waals surface area contributed by atoms with Crippen LogP contribution in [0.5, 0.6) is 5.75 Å². The van der Waals surface area contributed by atoms with E-state index in [0.29, 0.717) is 10.9 Å². The van der Waals surface area contributed by atoms with E-state index in [1.807, 2.05) is 10.8 Å². The number of aromatic nitrogens is 3. The number of alkyl halides is 3. The van der Waals surface area contributed by atoms with Gasteiger partial charge in [0.25, 0.3) is 0 Å². The van der Waals surface area contributed by atoms with Crippen LogP contribution in [0.3, 0.4) is 0 Å². The van der Waals surface area contributed by atoms with Crippen molar-refractivity contribution in [3.8, 4) is 5.75 Å². The molecular formula is C13H10F3N3O2S2. The summed E-state index contributed by atoms with van der Waals surface area (Å²) in [7, 11) is 0. The Morgan fingerprint density at radius 3 is 2.91 bits per heavy atom. The van der Waals surface area contributed by atoms with Gasteiger partial charge in [0.05, 0.1) is 11.2 Å². The largest absolute Gasteiger partial charge is 0.609 e. The predicted molar refractivity (Wildman–Crippen MR) is 79.9 cm³/mol. The molecule has 3 rings (SSSR count). The van der Waals surface area contributed by atoms with Gasteiger partial charge < -0.3 is 9.29 Å². The van der Waals surface area contributed by atoms with Crippen LogP contribution >= 0.6 is 11.3 Å². The zero-order valence-electron chi connectivity index (χ0n) is 11.5. The molecule has 5 nitrogen and oxygen atoms in total. The Kier molecular flexibility index (Phi) is 4.46. The van der Waals surface area contributed by atoms with Gasteiger partial charge in [-0.25, -0.2) is 0 Å². The highest BCUT2D eigenvalue weighted by atomic mass is 32.2. The van der Waals surface area contributed by atoms with Gasteiger partial charge >= 0.3 is 11.3 Å². The van der Waals surface area contributed by atoms with Crippen LogP contribution < -0.4 is 4.74 Å². The number of hydrogen-bond donors (Lipinski definition) is 1. The van der Waals surface area contributed by atoms with Gasteiger partial charge in [-0.2, -0.15) is 18.2 Å². The quantitative estimate of drug-likeness (QED) is 0.708. The maximum Gasteiger partial charge on any atom is 0.422 e. The molecule has 0 bridgehead atoms. The zero-order chi connectivity index (χ0) is 16.4. The van der Waals surface area contributed by atoms with Gasteiger partial charge in [0.2, 0.25) is 0 Å². The molecule has 10 heteroatoms. The average Bonchev–Trinajstić information content (AvgIpc) is 3.06. The van der Waals surface area contributed by atoms with Crippen molar-refractivity contribution in [1.82, 2.24) is 15.0 Å². The molecule has 23 heavy (non-hydrogen) atoms. The van der Waals surface area contributed by atoms with E-state index in [9.17, 15) is 17.7 Å². The summed E-state index contributed by atoms with van der Waals surface area (Å²) in [6, 6.07) is 2.66. The average molecular weight is 361 g/mol. The van der Waals surface area contributed by atoms with E-state index in [1.54, 1.807) is 0 Å². The van der Waals surface area contributed by atoms with Crippen molar-refractivity contribution >= 4 is 33.5 Å². The van der Waals surface area contributed by atoms with E-state index in [1.165, 1.54) is 29.7 Å². The fourth-order valence-electron chi connectivity index (χ4n) is 1.82. The lowest BCUT2D eigenvalue weighted by Crippen LogP contribution is -2.19. The van der Waals surface area contributed by atoms with E-state index in [2.05, 4.69) is 19.7 Å². The van der Waals surface area contributed by atoms with Gasteiger partial charge in [0.15, 0.2) is 12.4 Å². The molecule has 0 aromatic carbocycles. The number of aromatic amines is 1. The number of pyridine rings is 1. The number of rotatable bonds is 5. The SMILES string of the molecule is [O-][S+](Cc1cc(OCC(F)(F)F)ccn1)c1nc2cscc2[nH]1. The van der Waals surface area contributed by atoms with E-state index in [-0.39, 0.29) is 11.5 Å². The minimum Gasteiger partial charge on any atom is -0.609 e. The molecule has 122 valence electrons. The smallest absolute Gasteiger partial charge is 0.422 e. The number of H-pyrrole nitrogens is 1. The number of thiophene rings is 1. The molecule has 1 unspecified atom stereocenters. The minimum atomic E-state index is -4.41. The molecular weight excluding hydrogens is 351 g/mol.